The van der Waals surface area contributed by atoms with Crippen molar-refractivity contribution in [1.29, 1.82) is 0 Å². The Bertz CT molecular complexity index is 989. The Balaban J connectivity index is 1.46. The maximum absolute atomic E-state index is 5.73. The summed E-state index contributed by atoms with van der Waals surface area (Å²) in [4.78, 5) is 10.9. The lowest BCUT2D eigenvalue weighted by atomic mass is 9.99. The number of benzene rings is 1. The summed E-state index contributed by atoms with van der Waals surface area (Å²) in [7, 11) is 0. The first-order chi connectivity index (χ1) is 13.7. The number of hydrogen-bond donors (Lipinski definition) is 3. The topological polar surface area (TPSA) is 110 Å². The monoisotopic (exact) mass is 377 g/mol. The standard InChI is InChI=1S/C19H23N9/c1-12(13-2-4-14(5-3-13)27-8-6-21-7-9-27)18-26-25-16-11-22-17-15(28(16)18)10-23-19(20)24-17/h2-5,10,12,21H,6-9,11H2,1H3,(H3,20,22,23,24)/t12-/m0/s1. The van der Waals surface area contributed by atoms with E-state index in [9.17, 15) is 0 Å². The van der Waals surface area contributed by atoms with Gasteiger partial charge < -0.3 is 21.3 Å². The van der Waals surface area contributed by atoms with Crippen LogP contribution in [-0.4, -0.2) is 50.9 Å². The van der Waals surface area contributed by atoms with Gasteiger partial charge in [0.2, 0.25) is 5.95 Å². The van der Waals surface area contributed by atoms with Gasteiger partial charge in [0.25, 0.3) is 0 Å². The van der Waals surface area contributed by atoms with Gasteiger partial charge >= 0.3 is 0 Å². The number of aromatic nitrogens is 5. The van der Waals surface area contributed by atoms with Crippen molar-refractivity contribution in [3.05, 3.63) is 47.7 Å². The van der Waals surface area contributed by atoms with Gasteiger partial charge in [-0.2, -0.15) is 4.98 Å². The van der Waals surface area contributed by atoms with Crippen molar-refractivity contribution in [2.45, 2.75) is 19.4 Å². The van der Waals surface area contributed by atoms with Gasteiger partial charge in [-0.05, 0) is 17.7 Å². The Labute approximate surface area is 163 Å². The molecule has 2 aliphatic heterocycles. The van der Waals surface area contributed by atoms with Crippen LogP contribution in [0.3, 0.4) is 0 Å². The SMILES string of the molecule is C[C@@H](c1ccc(N2CCNCC2)cc1)c1nnc2n1-c1cnc(N)nc1NC2. The number of anilines is 3. The summed E-state index contributed by atoms with van der Waals surface area (Å²) in [6, 6.07) is 8.77. The van der Waals surface area contributed by atoms with E-state index in [1.54, 1.807) is 6.20 Å². The molecule has 9 nitrogen and oxygen atoms in total. The van der Waals surface area contributed by atoms with Crippen LogP contribution in [0.15, 0.2) is 30.5 Å². The summed E-state index contributed by atoms with van der Waals surface area (Å²) in [5.41, 5.74) is 9.03. The lowest BCUT2D eigenvalue weighted by molar-refractivity contribution is 0.589. The first-order valence-electron chi connectivity index (χ1n) is 9.57. The van der Waals surface area contributed by atoms with Gasteiger partial charge in [-0.3, -0.25) is 4.57 Å². The second-order valence-corrected chi connectivity index (χ2v) is 7.18. The molecule has 1 fully saturated rings. The Morgan fingerprint density at radius 3 is 2.68 bits per heavy atom. The Kier molecular flexibility index (Phi) is 4.09. The third-order valence-electron chi connectivity index (χ3n) is 5.46. The fraction of sp³-hybridized carbons (Fsp3) is 0.368. The fourth-order valence-electron chi connectivity index (χ4n) is 3.88. The van der Waals surface area contributed by atoms with E-state index in [4.69, 9.17) is 5.73 Å². The van der Waals surface area contributed by atoms with Crippen molar-refractivity contribution in [2.75, 3.05) is 42.1 Å². The zero-order valence-corrected chi connectivity index (χ0v) is 15.8. The van der Waals surface area contributed by atoms with Gasteiger partial charge in [-0.1, -0.05) is 19.1 Å². The van der Waals surface area contributed by atoms with Crippen LogP contribution in [0.4, 0.5) is 17.5 Å². The third-order valence-corrected chi connectivity index (χ3v) is 5.46. The van der Waals surface area contributed by atoms with Crippen molar-refractivity contribution in [3.63, 3.8) is 0 Å². The van der Waals surface area contributed by atoms with E-state index in [1.165, 1.54) is 11.3 Å². The number of fused-ring (bicyclic) bond motifs is 3. The number of rotatable bonds is 3. The largest absolute Gasteiger partial charge is 0.369 e. The van der Waals surface area contributed by atoms with Crippen LogP contribution in [0.1, 0.15) is 30.1 Å². The highest BCUT2D eigenvalue weighted by Gasteiger charge is 2.26. The highest BCUT2D eigenvalue weighted by molar-refractivity contribution is 5.60. The maximum Gasteiger partial charge on any atom is 0.222 e. The molecule has 9 heteroatoms. The lowest BCUT2D eigenvalue weighted by Gasteiger charge is -2.29. The highest BCUT2D eigenvalue weighted by Crippen LogP contribution is 2.32. The quantitative estimate of drug-likeness (QED) is 0.623. The van der Waals surface area contributed by atoms with Crippen molar-refractivity contribution < 1.29 is 0 Å². The molecule has 0 amide bonds. The molecule has 1 saturated heterocycles. The van der Waals surface area contributed by atoms with Gasteiger partial charge in [-0.15, -0.1) is 10.2 Å². The molecule has 3 aromatic rings. The average molecular weight is 377 g/mol. The predicted molar refractivity (Wildman–Crippen MR) is 108 cm³/mol. The van der Waals surface area contributed by atoms with Crippen molar-refractivity contribution in [2.24, 2.45) is 0 Å². The van der Waals surface area contributed by atoms with E-state index in [-0.39, 0.29) is 11.9 Å². The number of nitrogens with one attached hydrogen (secondary N) is 2. The van der Waals surface area contributed by atoms with E-state index in [0.717, 1.165) is 43.5 Å². The Hall–Kier alpha value is -3.20. The first-order valence-corrected chi connectivity index (χ1v) is 9.57. The summed E-state index contributed by atoms with van der Waals surface area (Å²) in [6.07, 6.45) is 1.72. The number of nitrogen functional groups attached to an aromatic ring is 1. The minimum atomic E-state index is 0.0850. The van der Waals surface area contributed by atoms with Crippen LogP contribution < -0.4 is 21.3 Å². The van der Waals surface area contributed by atoms with Crippen LogP contribution in [0, 0.1) is 0 Å². The van der Waals surface area contributed by atoms with E-state index in [2.05, 4.69) is 66.9 Å². The first kappa shape index (κ1) is 16.9. The highest BCUT2D eigenvalue weighted by atomic mass is 15.3. The zero-order valence-electron chi connectivity index (χ0n) is 15.8. The average Bonchev–Trinajstić information content (AvgIpc) is 3.18. The van der Waals surface area contributed by atoms with Crippen LogP contribution in [0.25, 0.3) is 5.69 Å². The van der Waals surface area contributed by atoms with Gasteiger partial charge in [-0.25, -0.2) is 4.98 Å². The molecule has 2 aliphatic rings. The molecule has 0 radical (unpaired) electrons. The molecule has 1 atom stereocenters. The molecule has 144 valence electrons. The summed E-state index contributed by atoms with van der Waals surface area (Å²) in [5.74, 6) is 2.77. The van der Waals surface area contributed by atoms with Gasteiger partial charge in [0.1, 0.15) is 11.5 Å². The molecule has 5 rings (SSSR count). The minimum Gasteiger partial charge on any atom is -0.369 e. The molecule has 28 heavy (non-hydrogen) atoms. The Morgan fingerprint density at radius 1 is 1.11 bits per heavy atom. The minimum absolute atomic E-state index is 0.0850. The van der Waals surface area contributed by atoms with Gasteiger partial charge in [0.15, 0.2) is 11.6 Å². The van der Waals surface area contributed by atoms with Crippen molar-refractivity contribution in [1.82, 2.24) is 30.0 Å². The summed E-state index contributed by atoms with van der Waals surface area (Å²) in [6.45, 7) is 6.86. The second kappa shape index (κ2) is 6.75. The third kappa shape index (κ3) is 2.84. The zero-order chi connectivity index (χ0) is 19.1. The molecule has 0 aliphatic carbocycles. The summed E-state index contributed by atoms with van der Waals surface area (Å²) >= 11 is 0. The van der Waals surface area contributed by atoms with Gasteiger partial charge in [0, 0.05) is 37.8 Å². The van der Waals surface area contributed by atoms with Crippen LogP contribution in [0.5, 0.6) is 0 Å². The van der Waals surface area contributed by atoms with Crippen molar-refractivity contribution >= 4 is 17.5 Å². The number of hydrogen-bond acceptors (Lipinski definition) is 8. The van der Waals surface area contributed by atoms with E-state index < -0.39 is 0 Å². The van der Waals surface area contributed by atoms with Crippen LogP contribution >= 0.6 is 0 Å². The molecular formula is C19H23N9. The van der Waals surface area contributed by atoms with E-state index in [1.807, 2.05) is 4.57 Å². The van der Waals surface area contributed by atoms with Crippen molar-refractivity contribution in [3.8, 4) is 5.69 Å². The molecule has 1 aromatic carbocycles. The number of nitrogens with two attached hydrogens (primary N) is 1. The molecular weight excluding hydrogens is 354 g/mol. The number of nitrogens with zero attached hydrogens (tertiary/aromatic N) is 6. The lowest BCUT2D eigenvalue weighted by Crippen LogP contribution is -2.43. The molecule has 0 saturated carbocycles. The number of piperazine rings is 1. The molecule has 0 unspecified atom stereocenters. The maximum atomic E-state index is 5.73. The van der Waals surface area contributed by atoms with Crippen LogP contribution in [0.2, 0.25) is 0 Å². The fourth-order valence-corrected chi connectivity index (χ4v) is 3.88. The summed E-state index contributed by atoms with van der Waals surface area (Å²) in [5, 5.41) is 15.5. The normalized spacial score (nSPS) is 16.8. The predicted octanol–water partition coefficient (Wildman–Crippen LogP) is 1.13. The van der Waals surface area contributed by atoms with E-state index >= 15 is 0 Å². The van der Waals surface area contributed by atoms with Crippen LogP contribution in [-0.2, 0) is 6.54 Å². The smallest absolute Gasteiger partial charge is 0.222 e. The second-order valence-electron chi connectivity index (χ2n) is 7.18. The molecule has 2 aromatic heterocycles. The van der Waals surface area contributed by atoms with Gasteiger partial charge in [0.05, 0.1) is 12.7 Å². The summed E-state index contributed by atoms with van der Waals surface area (Å²) < 4.78 is 2.04. The molecule has 0 bridgehead atoms. The Morgan fingerprint density at radius 2 is 1.89 bits per heavy atom. The molecule has 4 heterocycles. The van der Waals surface area contributed by atoms with E-state index in [0.29, 0.717) is 12.4 Å². The molecule has 0 spiro atoms. The molecule has 4 N–H and O–H groups in total.